The van der Waals surface area contributed by atoms with Gasteiger partial charge in [0.15, 0.2) is 0 Å². The quantitative estimate of drug-likeness (QED) is 0.555. The zero-order valence-electron chi connectivity index (χ0n) is 16.8. The predicted molar refractivity (Wildman–Crippen MR) is 118 cm³/mol. The number of hydrogen-bond acceptors (Lipinski definition) is 4. The highest BCUT2D eigenvalue weighted by atomic mass is 35.5. The highest BCUT2D eigenvalue weighted by molar-refractivity contribution is 7.92. The van der Waals surface area contributed by atoms with E-state index in [9.17, 15) is 13.2 Å². The van der Waals surface area contributed by atoms with Crippen LogP contribution < -0.4 is 9.62 Å². The summed E-state index contributed by atoms with van der Waals surface area (Å²) in [5.41, 5.74) is 0.423. The van der Waals surface area contributed by atoms with Crippen molar-refractivity contribution in [3.8, 4) is 0 Å². The Hall–Kier alpha value is -2.09. The number of anilines is 1. The summed E-state index contributed by atoms with van der Waals surface area (Å²) < 4.78 is 33.3. The molecule has 0 radical (unpaired) electrons. The number of amides is 1. The Balaban J connectivity index is 1.61. The van der Waals surface area contributed by atoms with Crippen LogP contribution in [0.15, 0.2) is 59.5 Å². The van der Waals surface area contributed by atoms with Crippen molar-refractivity contribution >= 4 is 33.2 Å². The number of ether oxygens (including phenoxy) is 1. The van der Waals surface area contributed by atoms with E-state index >= 15 is 0 Å². The van der Waals surface area contributed by atoms with Gasteiger partial charge in [-0.05, 0) is 55.7 Å². The van der Waals surface area contributed by atoms with Crippen LogP contribution in [-0.4, -0.2) is 40.1 Å². The SMILES string of the molecule is O=C(CN(c1ccccc1)S(=O)(=O)c1ccc(Cl)cc1)NCCCOC1CCCC1. The molecule has 1 saturated carbocycles. The zero-order valence-corrected chi connectivity index (χ0v) is 18.4. The van der Waals surface area contributed by atoms with E-state index in [1.165, 1.54) is 37.1 Å². The molecule has 6 nitrogen and oxygen atoms in total. The molecule has 3 rings (SSSR count). The van der Waals surface area contributed by atoms with E-state index in [1.54, 1.807) is 30.3 Å². The molecule has 0 spiro atoms. The fourth-order valence-corrected chi connectivity index (χ4v) is 4.98. The van der Waals surface area contributed by atoms with Crippen LogP contribution in [0.1, 0.15) is 32.1 Å². The van der Waals surface area contributed by atoms with Crippen LogP contribution in [0.5, 0.6) is 0 Å². The van der Waals surface area contributed by atoms with E-state index in [0.717, 1.165) is 17.1 Å². The number of hydrogen-bond donors (Lipinski definition) is 1. The molecule has 8 heteroatoms. The first-order chi connectivity index (χ1) is 14.5. The summed E-state index contributed by atoms with van der Waals surface area (Å²) in [5.74, 6) is -0.364. The Kier molecular flexibility index (Phi) is 8.13. The number of carbonyl (C=O) groups is 1. The van der Waals surface area contributed by atoms with Crippen molar-refractivity contribution in [3.05, 3.63) is 59.6 Å². The Bertz CT molecular complexity index is 914. The van der Waals surface area contributed by atoms with E-state index in [0.29, 0.717) is 36.4 Å². The predicted octanol–water partition coefficient (Wildman–Crippen LogP) is 4.00. The van der Waals surface area contributed by atoms with Crippen molar-refractivity contribution in [1.82, 2.24) is 5.32 Å². The van der Waals surface area contributed by atoms with Gasteiger partial charge < -0.3 is 10.1 Å². The molecular formula is C22H27ClN2O4S. The number of sulfonamides is 1. The zero-order chi connectivity index (χ0) is 21.4. The molecular weight excluding hydrogens is 424 g/mol. The Morgan fingerprint density at radius 2 is 1.73 bits per heavy atom. The van der Waals surface area contributed by atoms with E-state index in [2.05, 4.69) is 5.32 Å². The summed E-state index contributed by atoms with van der Waals surface area (Å²) in [6.07, 6.45) is 5.70. The second-order valence-electron chi connectivity index (χ2n) is 7.28. The second kappa shape index (κ2) is 10.8. The average molecular weight is 451 g/mol. The normalized spacial score (nSPS) is 14.6. The van der Waals surface area contributed by atoms with Gasteiger partial charge >= 0.3 is 0 Å². The lowest BCUT2D eigenvalue weighted by molar-refractivity contribution is -0.119. The van der Waals surface area contributed by atoms with Gasteiger partial charge in [0.05, 0.1) is 16.7 Å². The van der Waals surface area contributed by atoms with Crippen molar-refractivity contribution in [1.29, 1.82) is 0 Å². The van der Waals surface area contributed by atoms with Gasteiger partial charge in [-0.3, -0.25) is 9.10 Å². The number of nitrogens with zero attached hydrogens (tertiary/aromatic N) is 1. The van der Waals surface area contributed by atoms with E-state index in [4.69, 9.17) is 16.3 Å². The molecule has 1 aliphatic rings. The fraction of sp³-hybridized carbons (Fsp3) is 0.409. The molecule has 162 valence electrons. The molecule has 0 saturated heterocycles. The molecule has 1 fully saturated rings. The second-order valence-corrected chi connectivity index (χ2v) is 9.58. The highest BCUT2D eigenvalue weighted by Crippen LogP contribution is 2.24. The topological polar surface area (TPSA) is 75.7 Å². The van der Waals surface area contributed by atoms with Crippen LogP contribution in [-0.2, 0) is 19.6 Å². The maximum Gasteiger partial charge on any atom is 0.264 e. The molecule has 2 aromatic carbocycles. The van der Waals surface area contributed by atoms with Crippen LogP contribution in [0.4, 0.5) is 5.69 Å². The number of para-hydroxylation sites is 1. The number of benzene rings is 2. The first kappa shape index (κ1) is 22.6. The van der Waals surface area contributed by atoms with Crippen molar-refractivity contribution in [3.63, 3.8) is 0 Å². The molecule has 0 heterocycles. The van der Waals surface area contributed by atoms with Gasteiger partial charge in [-0.1, -0.05) is 42.6 Å². The molecule has 0 aromatic heterocycles. The Morgan fingerprint density at radius 1 is 1.07 bits per heavy atom. The van der Waals surface area contributed by atoms with E-state index in [-0.39, 0.29) is 17.3 Å². The minimum Gasteiger partial charge on any atom is -0.378 e. The monoisotopic (exact) mass is 450 g/mol. The van der Waals surface area contributed by atoms with Crippen LogP contribution in [0, 0.1) is 0 Å². The van der Waals surface area contributed by atoms with Gasteiger partial charge in [-0.2, -0.15) is 0 Å². The minimum absolute atomic E-state index is 0.0773. The standard InChI is InChI=1S/C22H27ClN2O4S/c23-18-11-13-21(14-12-18)30(27,28)25(19-7-2-1-3-8-19)17-22(26)24-15-6-16-29-20-9-4-5-10-20/h1-3,7-8,11-14,20H,4-6,9-10,15-17H2,(H,24,26). The number of nitrogens with one attached hydrogen (secondary N) is 1. The van der Waals surface area contributed by atoms with Gasteiger partial charge in [-0.15, -0.1) is 0 Å². The first-order valence-electron chi connectivity index (χ1n) is 10.2. The maximum absolute atomic E-state index is 13.2. The third-order valence-corrected chi connectivity index (χ3v) is 7.07. The lowest BCUT2D eigenvalue weighted by atomic mass is 10.3. The molecule has 1 N–H and O–H groups in total. The number of halogens is 1. The molecule has 1 aliphatic carbocycles. The van der Waals surface area contributed by atoms with Gasteiger partial charge in [0.1, 0.15) is 6.54 Å². The highest BCUT2D eigenvalue weighted by Gasteiger charge is 2.27. The smallest absolute Gasteiger partial charge is 0.264 e. The van der Waals surface area contributed by atoms with Gasteiger partial charge in [0.25, 0.3) is 10.0 Å². The minimum atomic E-state index is -3.92. The van der Waals surface area contributed by atoms with Gasteiger partial charge in [-0.25, -0.2) is 8.42 Å². The molecule has 0 unspecified atom stereocenters. The van der Waals surface area contributed by atoms with Crippen molar-refractivity contribution < 1.29 is 17.9 Å². The van der Waals surface area contributed by atoms with Crippen LogP contribution >= 0.6 is 11.6 Å². The Labute approximate surface area is 183 Å². The van der Waals surface area contributed by atoms with Crippen LogP contribution in [0.2, 0.25) is 5.02 Å². The molecule has 2 aromatic rings. The number of carbonyl (C=O) groups excluding carboxylic acids is 1. The van der Waals surface area contributed by atoms with Crippen LogP contribution in [0.3, 0.4) is 0 Å². The molecule has 1 amide bonds. The maximum atomic E-state index is 13.2. The molecule has 0 atom stereocenters. The Morgan fingerprint density at radius 3 is 2.40 bits per heavy atom. The third-order valence-electron chi connectivity index (χ3n) is 5.03. The molecule has 0 aliphatic heterocycles. The van der Waals surface area contributed by atoms with E-state index < -0.39 is 10.0 Å². The summed E-state index contributed by atoms with van der Waals surface area (Å²) in [5, 5.41) is 3.24. The third kappa shape index (κ3) is 6.20. The average Bonchev–Trinajstić information content (AvgIpc) is 3.26. The molecule has 0 bridgehead atoms. The largest absolute Gasteiger partial charge is 0.378 e. The van der Waals surface area contributed by atoms with Gasteiger partial charge in [0.2, 0.25) is 5.91 Å². The molecule has 30 heavy (non-hydrogen) atoms. The fourth-order valence-electron chi connectivity index (χ4n) is 3.43. The number of rotatable bonds is 10. The summed E-state index contributed by atoms with van der Waals surface area (Å²) in [6, 6.07) is 14.5. The van der Waals surface area contributed by atoms with Crippen molar-refractivity contribution in [2.45, 2.75) is 43.1 Å². The lowest BCUT2D eigenvalue weighted by Crippen LogP contribution is -2.41. The van der Waals surface area contributed by atoms with Crippen LogP contribution in [0.25, 0.3) is 0 Å². The first-order valence-corrected chi connectivity index (χ1v) is 12.0. The summed E-state index contributed by atoms with van der Waals surface area (Å²) in [7, 11) is -3.92. The van der Waals surface area contributed by atoms with E-state index in [1.807, 2.05) is 0 Å². The lowest BCUT2D eigenvalue weighted by Gasteiger charge is -2.24. The summed E-state index contributed by atoms with van der Waals surface area (Å²) >= 11 is 5.88. The van der Waals surface area contributed by atoms with Crippen molar-refractivity contribution in [2.75, 3.05) is 24.0 Å². The summed E-state index contributed by atoms with van der Waals surface area (Å²) in [6.45, 7) is 0.726. The summed E-state index contributed by atoms with van der Waals surface area (Å²) in [4.78, 5) is 12.6. The van der Waals surface area contributed by atoms with Gasteiger partial charge in [0, 0.05) is 18.2 Å². The van der Waals surface area contributed by atoms with Crippen molar-refractivity contribution in [2.24, 2.45) is 0 Å².